The molecule has 1 unspecified atom stereocenters. The number of hydrogen-bond donors (Lipinski definition) is 3. The van der Waals surface area contributed by atoms with E-state index < -0.39 is 17.9 Å². The van der Waals surface area contributed by atoms with Crippen LogP contribution in [0.25, 0.3) is 0 Å². The van der Waals surface area contributed by atoms with Crippen LogP contribution in [0.1, 0.15) is 75.5 Å². The maximum absolute atomic E-state index is 13.4. The van der Waals surface area contributed by atoms with E-state index in [2.05, 4.69) is 35.6 Å². The Balaban J connectivity index is 1.92. The summed E-state index contributed by atoms with van der Waals surface area (Å²) in [6, 6.07) is -1.01. The van der Waals surface area contributed by atoms with E-state index in [1.807, 2.05) is 26.8 Å². The molecule has 3 rings (SSSR count). The fraction of sp³-hybridized carbons (Fsp3) is 0.538. The summed E-state index contributed by atoms with van der Waals surface area (Å²) in [5.41, 5.74) is 2.64. The van der Waals surface area contributed by atoms with Crippen LogP contribution in [0.3, 0.4) is 0 Å². The number of carbonyl (C=O) groups is 2. The summed E-state index contributed by atoms with van der Waals surface area (Å²) in [6.07, 6.45) is 10.2. The van der Waals surface area contributed by atoms with Crippen molar-refractivity contribution in [3.63, 3.8) is 0 Å². The van der Waals surface area contributed by atoms with Crippen LogP contribution in [0.2, 0.25) is 0 Å². The Morgan fingerprint density at radius 2 is 2.08 bits per heavy atom. The number of aromatic nitrogens is 2. The van der Waals surface area contributed by atoms with Crippen LogP contribution in [-0.4, -0.2) is 71.3 Å². The maximum atomic E-state index is 13.4. The third-order valence-corrected chi connectivity index (χ3v) is 5.67. The van der Waals surface area contributed by atoms with Crippen molar-refractivity contribution in [2.24, 2.45) is 20.9 Å². The number of nitrogens with zero attached hydrogens (tertiary/aromatic N) is 5. The van der Waals surface area contributed by atoms with E-state index in [0.29, 0.717) is 25.3 Å². The predicted octanol–water partition coefficient (Wildman–Crippen LogP) is 3.22. The molecule has 2 amide bonds. The van der Waals surface area contributed by atoms with Crippen molar-refractivity contribution in [3.8, 4) is 0 Å². The van der Waals surface area contributed by atoms with Gasteiger partial charge in [0, 0.05) is 38.0 Å². The normalized spacial score (nSPS) is 18.3. The second kappa shape index (κ2) is 12.9. The molecule has 0 saturated heterocycles. The molecule has 1 aliphatic carbocycles. The summed E-state index contributed by atoms with van der Waals surface area (Å²) < 4.78 is 0. The molecule has 10 heteroatoms. The van der Waals surface area contributed by atoms with E-state index in [1.54, 1.807) is 19.3 Å². The molecule has 10 nitrogen and oxygen atoms in total. The third-order valence-electron chi connectivity index (χ3n) is 5.67. The average molecular weight is 493 g/mol. The minimum Gasteiger partial charge on any atom is -0.351 e. The van der Waals surface area contributed by atoms with Gasteiger partial charge in [-0.25, -0.2) is 15.0 Å². The first kappa shape index (κ1) is 27.0. The van der Waals surface area contributed by atoms with E-state index in [0.717, 1.165) is 37.6 Å². The molecule has 1 aromatic rings. The Bertz CT molecular complexity index is 1100. The van der Waals surface area contributed by atoms with Gasteiger partial charge < -0.3 is 16.0 Å². The van der Waals surface area contributed by atoms with Gasteiger partial charge in [-0.1, -0.05) is 19.4 Å². The van der Waals surface area contributed by atoms with Crippen molar-refractivity contribution in [1.29, 1.82) is 5.41 Å². The standard InChI is InChI=1S/C26H36N8O2/c1-5-29-22(25(35)31-13-16(2)3)20(12-27)34-26(36)23-24(30-15-21(33-23)18-8-9-18)32-19-11-17(4)7-6-10-28-14-19/h11-12,14-16,18,20,27H,5-10,13H2,1-4H3,(H,31,35)(H,34,36). The molecule has 1 fully saturated rings. The van der Waals surface area contributed by atoms with E-state index in [9.17, 15) is 9.59 Å². The molecule has 1 aliphatic heterocycles. The van der Waals surface area contributed by atoms with Crippen LogP contribution in [0, 0.1) is 11.3 Å². The average Bonchev–Trinajstić information content (AvgIpc) is 3.68. The fourth-order valence-corrected chi connectivity index (χ4v) is 3.63. The number of nitrogens with one attached hydrogen (secondary N) is 3. The largest absolute Gasteiger partial charge is 0.351 e. The molecular weight excluding hydrogens is 456 g/mol. The second-order valence-corrected chi connectivity index (χ2v) is 9.49. The number of aliphatic imine (C=N–C) groups is 3. The van der Waals surface area contributed by atoms with E-state index >= 15 is 0 Å². The molecule has 2 heterocycles. The summed E-state index contributed by atoms with van der Waals surface area (Å²) in [4.78, 5) is 48.5. The number of hydrogen-bond acceptors (Lipinski definition) is 8. The predicted molar refractivity (Wildman–Crippen MR) is 143 cm³/mol. The summed E-state index contributed by atoms with van der Waals surface area (Å²) >= 11 is 0. The van der Waals surface area contributed by atoms with E-state index in [1.165, 1.54) is 5.57 Å². The number of rotatable bonds is 10. The molecule has 0 radical (unpaired) electrons. The van der Waals surface area contributed by atoms with Crippen LogP contribution < -0.4 is 10.6 Å². The van der Waals surface area contributed by atoms with Gasteiger partial charge >= 0.3 is 0 Å². The van der Waals surface area contributed by atoms with Crippen LogP contribution in [0.15, 0.2) is 32.8 Å². The Morgan fingerprint density at radius 3 is 2.75 bits per heavy atom. The zero-order valence-electron chi connectivity index (χ0n) is 21.5. The quantitative estimate of drug-likeness (QED) is 0.431. The van der Waals surface area contributed by atoms with Crippen LogP contribution in [-0.2, 0) is 4.79 Å². The van der Waals surface area contributed by atoms with Crippen molar-refractivity contribution in [3.05, 3.63) is 29.2 Å². The number of amides is 2. The SMILES string of the molecule is CCN=C(C(=O)NCC(C)C)C(C=N)NC(=O)c1nc(C2CC2)cnc1N=C1C=NCCCC(C)=C1. The molecule has 0 spiro atoms. The van der Waals surface area contributed by atoms with E-state index in [4.69, 9.17) is 5.41 Å². The topological polar surface area (TPSA) is 145 Å². The maximum Gasteiger partial charge on any atom is 0.274 e. The number of carbonyl (C=O) groups excluding carboxylic acids is 2. The molecule has 36 heavy (non-hydrogen) atoms. The first-order valence-electron chi connectivity index (χ1n) is 12.6. The second-order valence-electron chi connectivity index (χ2n) is 9.49. The van der Waals surface area contributed by atoms with Crippen molar-refractivity contribution < 1.29 is 9.59 Å². The van der Waals surface area contributed by atoms with Gasteiger partial charge in [0.2, 0.25) is 0 Å². The summed E-state index contributed by atoms with van der Waals surface area (Å²) in [5, 5.41) is 13.4. The molecule has 1 aromatic heterocycles. The Labute approximate surface area is 212 Å². The van der Waals surface area contributed by atoms with Gasteiger partial charge in [0.05, 0.1) is 17.6 Å². The van der Waals surface area contributed by atoms with Gasteiger partial charge in [-0.05, 0) is 51.5 Å². The van der Waals surface area contributed by atoms with Gasteiger partial charge in [0.15, 0.2) is 11.5 Å². The zero-order valence-corrected chi connectivity index (χ0v) is 21.5. The molecule has 2 aliphatic rings. The molecular formula is C26H36N8O2. The Hall–Kier alpha value is -3.56. The first-order valence-corrected chi connectivity index (χ1v) is 12.6. The minimum absolute atomic E-state index is 0.0544. The Kier molecular flexibility index (Phi) is 9.72. The lowest BCUT2D eigenvalue weighted by atomic mass is 10.1. The summed E-state index contributed by atoms with van der Waals surface area (Å²) in [5.74, 6) is -0.273. The molecule has 1 atom stereocenters. The number of allylic oxidation sites excluding steroid dienone is 2. The van der Waals surface area contributed by atoms with Crippen molar-refractivity contribution in [2.75, 3.05) is 19.6 Å². The molecule has 0 aromatic carbocycles. The van der Waals surface area contributed by atoms with E-state index in [-0.39, 0.29) is 29.1 Å². The van der Waals surface area contributed by atoms with Gasteiger partial charge in [-0.3, -0.25) is 19.6 Å². The first-order chi connectivity index (χ1) is 17.3. The van der Waals surface area contributed by atoms with Crippen molar-refractivity contribution >= 4 is 41.5 Å². The highest BCUT2D eigenvalue weighted by atomic mass is 16.2. The smallest absolute Gasteiger partial charge is 0.274 e. The van der Waals surface area contributed by atoms with Crippen LogP contribution in [0.4, 0.5) is 5.82 Å². The highest BCUT2D eigenvalue weighted by Crippen LogP contribution is 2.39. The highest BCUT2D eigenvalue weighted by Gasteiger charge is 2.29. The summed E-state index contributed by atoms with van der Waals surface area (Å²) in [7, 11) is 0. The van der Waals surface area contributed by atoms with Crippen LogP contribution >= 0.6 is 0 Å². The Morgan fingerprint density at radius 1 is 1.31 bits per heavy atom. The lowest BCUT2D eigenvalue weighted by molar-refractivity contribution is -0.115. The van der Waals surface area contributed by atoms with Crippen LogP contribution in [0.5, 0.6) is 0 Å². The molecule has 0 bridgehead atoms. The molecule has 192 valence electrons. The van der Waals surface area contributed by atoms with Gasteiger partial charge in [-0.15, -0.1) is 0 Å². The van der Waals surface area contributed by atoms with Crippen molar-refractivity contribution in [2.45, 2.75) is 65.3 Å². The summed E-state index contributed by atoms with van der Waals surface area (Å²) in [6.45, 7) is 9.32. The fourth-order valence-electron chi connectivity index (χ4n) is 3.63. The minimum atomic E-state index is -1.01. The lowest BCUT2D eigenvalue weighted by Crippen LogP contribution is -2.49. The van der Waals surface area contributed by atoms with Crippen molar-refractivity contribution in [1.82, 2.24) is 20.6 Å². The molecule has 3 N–H and O–H groups in total. The third kappa shape index (κ3) is 7.73. The zero-order chi connectivity index (χ0) is 26.1. The monoisotopic (exact) mass is 492 g/mol. The van der Waals surface area contributed by atoms with Gasteiger partial charge in [0.25, 0.3) is 11.8 Å². The lowest BCUT2D eigenvalue weighted by Gasteiger charge is -2.18. The molecule has 1 saturated carbocycles. The highest BCUT2D eigenvalue weighted by molar-refractivity contribution is 6.44. The van der Waals surface area contributed by atoms with Gasteiger partial charge in [0.1, 0.15) is 11.8 Å². The van der Waals surface area contributed by atoms with Gasteiger partial charge in [-0.2, -0.15) is 0 Å².